The normalized spacial score (nSPS) is 15.3. The fourth-order valence-electron chi connectivity index (χ4n) is 1.70. The summed E-state index contributed by atoms with van der Waals surface area (Å²) in [6.45, 7) is 0.263. The minimum atomic E-state index is 0.263. The van der Waals surface area contributed by atoms with Gasteiger partial charge in [-0.2, -0.15) is 4.98 Å². The number of hydrogen-bond donors (Lipinski definition) is 2. The molecule has 0 bridgehead atoms. The van der Waals surface area contributed by atoms with E-state index in [0.717, 1.165) is 18.4 Å². The zero-order chi connectivity index (χ0) is 13.9. The number of halogens is 1. The van der Waals surface area contributed by atoms with E-state index in [1.54, 1.807) is 12.1 Å². The first kappa shape index (κ1) is 12.9. The Balaban J connectivity index is 1.67. The number of aliphatic imine (C=N–C) groups is 1. The minimum absolute atomic E-state index is 0.263. The number of nitrogens with zero attached hydrogens (tertiary/aromatic N) is 3. The van der Waals surface area contributed by atoms with Gasteiger partial charge in [0.05, 0.1) is 0 Å². The molecule has 1 heterocycles. The highest BCUT2D eigenvalue weighted by atomic mass is 35.5. The molecule has 2 aromatic rings. The van der Waals surface area contributed by atoms with E-state index in [1.165, 1.54) is 0 Å². The quantitative estimate of drug-likeness (QED) is 0.664. The van der Waals surface area contributed by atoms with Crippen LogP contribution in [0.5, 0.6) is 0 Å². The summed E-state index contributed by atoms with van der Waals surface area (Å²) in [5, 5.41) is 7.62. The van der Waals surface area contributed by atoms with Crippen LogP contribution in [0, 0.1) is 0 Å². The second-order valence-corrected chi connectivity index (χ2v) is 5.08. The van der Waals surface area contributed by atoms with Crippen LogP contribution in [0.25, 0.3) is 11.4 Å². The summed E-state index contributed by atoms with van der Waals surface area (Å²) in [6, 6.07) is 7.75. The van der Waals surface area contributed by atoms with Crippen molar-refractivity contribution in [1.29, 1.82) is 0 Å². The zero-order valence-corrected chi connectivity index (χ0v) is 11.5. The first-order valence-electron chi connectivity index (χ1n) is 6.36. The maximum absolute atomic E-state index is 5.93. The van der Waals surface area contributed by atoms with Gasteiger partial charge in [-0.3, -0.25) is 0 Å². The molecule has 0 saturated heterocycles. The van der Waals surface area contributed by atoms with Crippen molar-refractivity contribution in [3.63, 3.8) is 0 Å². The lowest BCUT2D eigenvalue weighted by molar-refractivity contribution is 0.381. The summed E-state index contributed by atoms with van der Waals surface area (Å²) in [5.41, 5.74) is 6.54. The number of guanidine groups is 1. The molecule has 0 spiro atoms. The fraction of sp³-hybridized carbons (Fsp3) is 0.308. The van der Waals surface area contributed by atoms with Crippen molar-refractivity contribution >= 4 is 17.6 Å². The summed E-state index contributed by atoms with van der Waals surface area (Å²) in [5.74, 6) is 1.32. The highest BCUT2D eigenvalue weighted by Crippen LogP contribution is 2.20. The molecule has 1 aromatic heterocycles. The Labute approximate surface area is 121 Å². The van der Waals surface area contributed by atoms with Gasteiger partial charge in [0.1, 0.15) is 6.54 Å². The molecule has 1 aliphatic rings. The Morgan fingerprint density at radius 1 is 1.50 bits per heavy atom. The van der Waals surface area contributed by atoms with E-state index >= 15 is 0 Å². The largest absolute Gasteiger partial charge is 0.370 e. The number of nitrogens with two attached hydrogens (primary N) is 1. The van der Waals surface area contributed by atoms with Crippen molar-refractivity contribution < 1.29 is 4.52 Å². The SMILES string of the molecule is NC(=NCc1nc(-c2cccc(Cl)c2)no1)NC1CC1. The molecule has 0 amide bonds. The van der Waals surface area contributed by atoms with Gasteiger partial charge in [0.2, 0.25) is 11.7 Å². The molecule has 0 atom stereocenters. The van der Waals surface area contributed by atoms with Crippen LogP contribution in [0.15, 0.2) is 33.8 Å². The average molecular weight is 292 g/mol. The minimum Gasteiger partial charge on any atom is -0.370 e. The van der Waals surface area contributed by atoms with Gasteiger partial charge in [0.25, 0.3) is 0 Å². The smallest absolute Gasteiger partial charge is 0.248 e. The third-order valence-corrected chi connectivity index (χ3v) is 3.10. The Kier molecular flexibility index (Phi) is 3.56. The Morgan fingerprint density at radius 2 is 2.35 bits per heavy atom. The molecule has 1 aromatic carbocycles. The van der Waals surface area contributed by atoms with Gasteiger partial charge in [0, 0.05) is 16.6 Å². The number of nitrogens with one attached hydrogen (secondary N) is 1. The Bertz CT molecular complexity index is 635. The predicted molar refractivity (Wildman–Crippen MR) is 76.2 cm³/mol. The molecule has 0 aliphatic heterocycles. The summed E-state index contributed by atoms with van der Waals surface area (Å²) < 4.78 is 5.14. The third-order valence-electron chi connectivity index (χ3n) is 2.86. The van der Waals surface area contributed by atoms with Crippen molar-refractivity contribution in [2.75, 3.05) is 0 Å². The standard InChI is InChI=1S/C13H14ClN5O/c14-9-3-1-2-8(6-9)12-18-11(20-19-12)7-16-13(15)17-10-4-5-10/h1-3,6,10H,4-5,7H2,(H3,15,16,17). The molecule has 20 heavy (non-hydrogen) atoms. The van der Waals surface area contributed by atoms with E-state index in [9.17, 15) is 0 Å². The lowest BCUT2D eigenvalue weighted by Crippen LogP contribution is -2.33. The first-order valence-corrected chi connectivity index (χ1v) is 6.73. The van der Waals surface area contributed by atoms with Gasteiger partial charge < -0.3 is 15.6 Å². The van der Waals surface area contributed by atoms with Gasteiger partial charge in [-0.05, 0) is 25.0 Å². The molecule has 0 radical (unpaired) electrons. The maximum Gasteiger partial charge on any atom is 0.248 e. The van der Waals surface area contributed by atoms with E-state index in [0.29, 0.717) is 28.7 Å². The first-order chi connectivity index (χ1) is 9.70. The molecule has 7 heteroatoms. The van der Waals surface area contributed by atoms with Crippen molar-refractivity contribution in [2.24, 2.45) is 10.7 Å². The van der Waals surface area contributed by atoms with Crippen LogP contribution in [0.1, 0.15) is 18.7 Å². The van der Waals surface area contributed by atoms with Crippen LogP contribution in [0.2, 0.25) is 5.02 Å². The van der Waals surface area contributed by atoms with E-state index in [1.807, 2.05) is 12.1 Å². The summed E-state index contributed by atoms with van der Waals surface area (Å²) in [7, 11) is 0. The van der Waals surface area contributed by atoms with Gasteiger partial charge in [-0.25, -0.2) is 4.99 Å². The topological polar surface area (TPSA) is 89.3 Å². The van der Waals surface area contributed by atoms with E-state index < -0.39 is 0 Å². The van der Waals surface area contributed by atoms with Gasteiger partial charge in [0.15, 0.2) is 5.96 Å². The van der Waals surface area contributed by atoms with Gasteiger partial charge >= 0.3 is 0 Å². The van der Waals surface area contributed by atoms with Crippen molar-refractivity contribution in [1.82, 2.24) is 15.5 Å². The van der Waals surface area contributed by atoms with Crippen LogP contribution < -0.4 is 11.1 Å². The number of rotatable bonds is 4. The molecule has 1 fully saturated rings. The van der Waals surface area contributed by atoms with Gasteiger partial charge in [-0.1, -0.05) is 28.9 Å². The number of benzene rings is 1. The van der Waals surface area contributed by atoms with Crippen LogP contribution in [-0.4, -0.2) is 22.1 Å². The average Bonchev–Trinajstić information content (AvgIpc) is 3.11. The van der Waals surface area contributed by atoms with Crippen molar-refractivity contribution in [3.05, 3.63) is 35.2 Å². The van der Waals surface area contributed by atoms with Crippen molar-refractivity contribution in [3.8, 4) is 11.4 Å². The predicted octanol–water partition coefficient (Wildman–Crippen LogP) is 1.96. The summed E-state index contributed by atoms with van der Waals surface area (Å²) >= 11 is 5.93. The molecule has 3 rings (SSSR count). The molecule has 0 unspecified atom stereocenters. The van der Waals surface area contributed by atoms with Crippen LogP contribution in [-0.2, 0) is 6.54 Å². The van der Waals surface area contributed by atoms with E-state index in [-0.39, 0.29) is 6.54 Å². The Morgan fingerprint density at radius 3 is 3.10 bits per heavy atom. The number of hydrogen-bond acceptors (Lipinski definition) is 4. The molecule has 3 N–H and O–H groups in total. The lowest BCUT2D eigenvalue weighted by atomic mass is 10.2. The summed E-state index contributed by atoms with van der Waals surface area (Å²) in [4.78, 5) is 8.42. The molecule has 6 nitrogen and oxygen atoms in total. The lowest BCUT2D eigenvalue weighted by Gasteiger charge is -2.00. The van der Waals surface area contributed by atoms with Crippen LogP contribution >= 0.6 is 11.6 Å². The zero-order valence-electron chi connectivity index (χ0n) is 10.7. The van der Waals surface area contributed by atoms with E-state index in [2.05, 4.69) is 20.4 Å². The second-order valence-electron chi connectivity index (χ2n) is 4.64. The highest BCUT2D eigenvalue weighted by Gasteiger charge is 2.21. The van der Waals surface area contributed by atoms with Crippen LogP contribution in [0.3, 0.4) is 0 Å². The highest BCUT2D eigenvalue weighted by molar-refractivity contribution is 6.30. The molecule has 1 aliphatic carbocycles. The number of aromatic nitrogens is 2. The monoisotopic (exact) mass is 291 g/mol. The summed E-state index contributed by atoms with van der Waals surface area (Å²) in [6.07, 6.45) is 2.30. The molecule has 1 saturated carbocycles. The van der Waals surface area contributed by atoms with Crippen LogP contribution in [0.4, 0.5) is 0 Å². The molecular weight excluding hydrogens is 278 g/mol. The second kappa shape index (κ2) is 5.50. The fourth-order valence-corrected chi connectivity index (χ4v) is 1.89. The van der Waals surface area contributed by atoms with E-state index in [4.69, 9.17) is 21.9 Å². The maximum atomic E-state index is 5.93. The van der Waals surface area contributed by atoms with Crippen molar-refractivity contribution in [2.45, 2.75) is 25.4 Å². The Hall–Kier alpha value is -2.08. The molecular formula is C13H14ClN5O. The van der Waals surface area contributed by atoms with Gasteiger partial charge in [-0.15, -0.1) is 0 Å². The third kappa shape index (κ3) is 3.27. The molecule has 104 valence electrons.